The van der Waals surface area contributed by atoms with Crippen LogP contribution in [0.25, 0.3) is 0 Å². The second-order valence-corrected chi connectivity index (χ2v) is 5.15. The fourth-order valence-electron chi connectivity index (χ4n) is 2.73. The number of nitrogens with zero attached hydrogens (tertiary/aromatic N) is 2. The lowest BCUT2D eigenvalue weighted by Crippen LogP contribution is -2.35. The Kier molecular flexibility index (Phi) is 4.53. The summed E-state index contributed by atoms with van der Waals surface area (Å²) in [5.74, 6) is 0.142. The lowest BCUT2D eigenvalue weighted by molar-refractivity contribution is -0.142. The Morgan fingerprint density at radius 1 is 1.19 bits per heavy atom. The van der Waals surface area contributed by atoms with Crippen LogP contribution in [0.4, 0.5) is 13.2 Å². The Labute approximate surface area is 122 Å². The molecule has 0 fully saturated rings. The molecular formula is C14H20F3N3O. The van der Waals surface area contributed by atoms with E-state index in [4.69, 9.17) is 4.74 Å². The van der Waals surface area contributed by atoms with Crippen molar-refractivity contribution in [1.29, 1.82) is 0 Å². The van der Waals surface area contributed by atoms with E-state index in [-0.39, 0.29) is 17.9 Å². The maximum atomic E-state index is 13.3. The summed E-state index contributed by atoms with van der Waals surface area (Å²) in [7, 11) is 1.49. The molecule has 1 N–H and O–H groups in total. The molecule has 0 saturated carbocycles. The standard InChI is InChI=1S/C14H20F3N3O/c1-4-13(5-2,21-3)12-19-10-6-7-18-8-9(10)11(20-12)14(15,16)17/h18H,4-8H2,1-3H3. The first kappa shape index (κ1) is 16.2. The van der Waals surface area contributed by atoms with Crippen LogP contribution in [-0.2, 0) is 29.5 Å². The number of halogens is 3. The van der Waals surface area contributed by atoms with Crippen molar-refractivity contribution in [3.05, 3.63) is 22.8 Å². The molecule has 0 aliphatic carbocycles. The number of ether oxygens (including phenoxy) is 1. The average Bonchev–Trinajstić information content (AvgIpc) is 2.48. The van der Waals surface area contributed by atoms with Gasteiger partial charge in [-0.25, -0.2) is 9.97 Å². The van der Waals surface area contributed by atoms with Crippen LogP contribution in [0.15, 0.2) is 0 Å². The Morgan fingerprint density at radius 2 is 1.86 bits per heavy atom. The Hall–Kier alpha value is -1.21. The smallest absolute Gasteiger partial charge is 0.370 e. The third-order valence-electron chi connectivity index (χ3n) is 4.14. The summed E-state index contributed by atoms with van der Waals surface area (Å²) >= 11 is 0. The van der Waals surface area contributed by atoms with Crippen molar-refractivity contribution in [3.8, 4) is 0 Å². The average molecular weight is 303 g/mol. The van der Waals surface area contributed by atoms with Crippen LogP contribution >= 0.6 is 0 Å². The molecule has 1 aliphatic heterocycles. The van der Waals surface area contributed by atoms with Gasteiger partial charge in [-0.3, -0.25) is 0 Å². The zero-order chi connectivity index (χ0) is 15.7. The second kappa shape index (κ2) is 5.88. The number of rotatable bonds is 4. The topological polar surface area (TPSA) is 47.0 Å². The van der Waals surface area contributed by atoms with Crippen LogP contribution in [-0.4, -0.2) is 23.6 Å². The van der Waals surface area contributed by atoms with Crippen LogP contribution < -0.4 is 5.32 Å². The summed E-state index contributed by atoms with van der Waals surface area (Å²) in [6, 6.07) is 0. The molecule has 2 rings (SSSR count). The molecule has 0 saturated heterocycles. The zero-order valence-electron chi connectivity index (χ0n) is 12.5. The number of alkyl halides is 3. The van der Waals surface area contributed by atoms with Crippen LogP contribution in [0.3, 0.4) is 0 Å². The van der Waals surface area contributed by atoms with E-state index in [2.05, 4.69) is 15.3 Å². The van der Waals surface area contributed by atoms with Crippen molar-refractivity contribution in [3.63, 3.8) is 0 Å². The molecule has 7 heteroatoms. The number of methoxy groups -OCH3 is 1. The molecule has 0 aromatic carbocycles. The van der Waals surface area contributed by atoms with E-state index in [1.165, 1.54) is 7.11 Å². The van der Waals surface area contributed by atoms with E-state index in [0.29, 0.717) is 31.5 Å². The van der Waals surface area contributed by atoms with Gasteiger partial charge in [0.05, 0.1) is 5.69 Å². The number of hydrogen-bond acceptors (Lipinski definition) is 4. The molecule has 1 aliphatic rings. The van der Waals surface area contributed by atoms with Gasteiger partial charge in [0.25, 0.3) is 0 Å². The molecule has 0 bridgehead atoms. The van der Waals surface area contributed by atoms with Crippen LogP contribution in [0.5, 0.6) is 0 Å². The minimum atomic E-state index is -4.48. The third kappa shape index (κ3) is 2.89. The lowest BCUT2D eigenvalue weighted by Gasteiger charge is -2.31. The highest BCUT2D eigenvalue weighted by atomic mass is 19.4. The third-order valence-corrected chi connectivity index (χ3v) is 4.14. The van der Waals surface area contributed by atoms with E-state index < -0.39 is 17.5 Å². The molecular weight excluding hydrogens is 283 g/mol. The van der Waals surface area contributed by atoms with Gasteiger partial charge in [-0.2, -0.15) is 13.2 Å². The van der Waals surface area contributed by atoms with Gasteiger partial charge in [0.2, 0.25) is 0 Å². The van der Waals surface area contributed by atoms with Crippen LogP contribution in [0.1, 0.15) is 49.5 Å². The fraction of sp³-hybridized carbons (Fsp3) is 0.714. The summed E-state index contributed by atoms with van der Waals surface area (Å²) in [5, 5.41) is 2.94. The van der Waals surface area contributed by atoms with Gasteiger partial charge in [-0.1, -0.05) is 13.8 Å². The molecule has 1 aromatic rings. The molecule has 0 unspecified atom stereocenters. The number of fused-ring (bicyclic) bond motifs is 1. The Balaban J connectivity index is 2.64. The van der Waals surface area contributed by atoms with E-state index >= 15 is 0 Å². The minimum absolute atomic E-state index is 0.142. The molecule has 0 radical (unpaired) electrons. The van der Waals surface area contributed by atoms with Gasteiger partial charge in [-0.05, 0) is 12.8 Å². The van der Waals surface area contributed by atoms with Crippen molar-refractivity contribution in [1.82, 2.24) is 15.3 Å². The van der Waals surface area contributed by atoms with Gasteiger partial charge in [0, 0.05) is 32.2 Å². The van der Waals surface area contributed by atoms with E-state index in [1.807, 2.05) is 13.8 Å². The van der Waals surface area contributed by atoms with Crippen LogP contribution in [0, 0.1) is 0 Å². The number of hydrogen-bond donors (Lipinski definition) is 1. The molecule has 0 spiro atoms. The van der Waals surface area contributed by atoms with Crippen molar-refractivity contribution in [2.45, 2.75) is 51.4 Å². The van der Waals surface area contributed by atoms with Crippen molar-refractivity contribution in [2.24, 2.45) is 0 Å². The maximum Gasteiger partial charge on any atom is 0.433 e. The van der Waals surface area contributed by atoms with E-state index in [0.717, 1.165) is 0 Å². The fourth-order valence-corrected chi connectivity index (χ4v) is 2.73. The van der Waals surface area contributed by atoms with Gasteiger partial charge < -0.3 is 10.1 Å². The van der Waals surface area contributed by atoms with E-state index in [9.17, 15) is 13.2 Å². The minimum Gasteiger partial charge on any atom is -0.370 e. The predicted octanol–water partition coefficient (Wildman–Crippen LogP) is 2.80. The molecule has 2 heterocycles. The molecule has 0 atom stereocenters. The second-order valence-electron chi connectivity index (χ2n) is 5.15. The molecule has 0 amide bonds. The summed E-state index contributed by atoms with van der Waals surface area (Å²) in [6.07, 6.45) is -2.97. The number of nitrogens with one attached hydrogen (secondary N) is 1. The van der Waals surface area contributed by atoms with Crippen LogP contribution in [0.2, 0.25) is 0 Å². The monoisotopic (exact) mass is 303 g/mol. The summed E-state index contributed by atoms with van der Waals surface area (Å²) in [4.78, 5) is 8.24. The van der Waals surface area contributed by atoms with Gasteiger partial charge in [-0.15, -0.1) is 0 Å². The zero-order valence-corrected chi connectivity index (χ0v) is 12.5. The quantitative estimate of drug-likeness (QED) is 0.929. The lowest BCUT2D eigenvalue weighted by atomic mass is 9.94. The van der Waals surface area contributed by atoms with E-state index in [1.54, 1.807) is 0 Å². The largest absolute Gasteiger partial charge is 0.433 e. The Morgan fingerprint density at radius 3 is 2.38 bits per heavy atom. The predicted molar refractivity (Wildman–Crippen MR) is 71.7 cm³/mol. The molecule has 118 valence electrons. The maximum absolute atomic E-state index is 13.3. The highest BCUT2D eigenvalue weighted by Gasteiger charge is 2.41. The molecule has 21 heavy (non-hydrogen) atoms. The van der Waals surface area contributed by atoms with Gasteiger partial charge in [0.15, 0.2) is 11.5 Å². The molecule has 1 aromatic heterocycles. The van der Waals surface area contributed by atoms with Crippen molar-refractivity contribution >= 4 is 0 Å². The summed E-state index contributed by atoms with van der Waals surface area (Å²) in [6.45, 7) is 4.51. The first-order chi connectivity index (χ1) is 9.88. The summed E-state index contributed by atoms with van der Waals surface area (Å²) in [5.41, 5.74) is -1.05. The van der Waals surface area contributed by atoms with Crippen molar-refractivity contribution < 1.29 is 17.9 Å². The molecule has 4 nitrogen and oxygen atoms in total. The van der Waals surface area contributed by atoms with Gasteiger partial charge >= 0.3 is 6.18 Å². The first-order valence-electron chi connectivity index (χ1n) is 7.11. The highest BCUT2D eigenvalue weighted by molar-refractivity contribution is 5.31. The normalized spacial score (nSPS) is 15.9. The Bertz CT molecular complexity index is 505. The van der Waals surface area contributed by atoms with Gasteiger partial charge in [0.1, 0.15) is 5.60 Å². The number of aromatic nitrogens is 2. The van der Waals surface area contributed by atoms with Crippen molar-refractivity contribution in [2.75, 3.05) is 13.7 Å². The highest BCUT2D eigenvalue weighted by Crippen LogP contribution is 2.36. The SMILES string of the molecule is CCC(CC)(OC)c1nc2c(c(C(F)(F)F)n1)CNCC2. The first-order valence-corrected chi connectivity index (χ1v) is 7.11. The summed E-state index contributed by atoms with van der Waals surface area (Å²) < 4.78 is 45.4.